The van der Waals surface area contributed by atoms with Crippen molar-refractivity contribution in [2.75, 3.05) is 5.32 Å². The number of carbonyl (C=O) groups is 1. The number of halogens is 2. The minimum absolute atomic E-state index is 0.0650. The van der Waals surface area contributed by atoms with Gasteiger partial charge in [-0.05, 0) is 31.2 Å². The van der Waals surface area contributed by atoms with Crippen LogP contribution < -0.4 is 5.32 Å². The van der Waals surface area contributed by atoms with E-state index in [2.05, 4.69) is 5.32 Å². The first kappa shape index (κ1) is 11.7. The van der Waals surface area contributed by atoms with E-state index in [0.29, 0.717) is 5.56 Å². The fraction of sp³-hybridized carbons (Fsp3) is 0.0833. The Morgan fingerprint density at radius 3 is 2.76 bits per heavy atom. The lowest BCUT2D eigenvalue weighted by molar-refractivity contribution is 0.0995. The smallest absolute Gasteiger partial charge is 0.291 e. The molecule has 2 aromatic rings. The lowest BCUT2D eigenvalue weighted by Crippen LogP contribution is -2.13. The van der Waals surface area contributed by atoms with E-state index in [1.165, 1.54) is 18.4 Å². The first-order chi connectivity index (χ1) is 8.08. The summed E-state index contributed by atoms with van der Waals surface area (Å²) in [7, 11) is 0. The monoisotopic (exact) mass is 253 g/mol. The highest BCUT2D eigenvalue weighted by Gasteiger charge is 2.14. The van der Waals surface area contributed by atoms with Gasteiger partial charge in [-0.2, -0.15) is 0 Å². The minimum atomic E-state index is -0.588. The molecule has 0 aliphatic carbocycles. The summed E-state index contributed by atoms with van der Waals surface area (Å²) in [6, 6.07) is 5.68. The summed E-state index contributed by atoms with van der Waals surface area (Å²) in [5.41, 5.74) is 0.757. The molecule has 0 spiro atoms. The third kappa shape index (κ3) is 2.47. The molecule has 1 aromatic heterocycles. The van der Waals surface area contributed by atoms with E-state index in [-0.39, 0.29) is 16.5 Å². The maximum Gasteiger partial charge on any atom is 0.291 e. The predicted octanol–water partition coefficient (Wildman–Crippen LogP) is 3.63. The first-order valence-corrected chi connectivity index (χ1v) is 5.26. The van der Waals surface area contributed by atoms with Crippen molar-refractivity contribution >= 4 is 23.2 Å². The number of hydrogen-bond donors (Lipinski definition) is 1. The largest absolute Gasteiger partial charge is 0.459 e. The van der Waals surface area contributed by atoms with Crippen LogP contribution >= 0.6 is 11.6 Å². The maximum absolute atomic E-state index is 13.4. The molecule has 0 aliphatic rings. The van der Waals surface area contributed by atoms with Crippen LogP contribution in [-0.4, -0.2) is 5.91 Å². The van der Waals surface area contributed by atoms with Gasteiger partial charge in [-0.15, -0.1) is 0 Å². The van der Waals surface area contributed by atoms with Crippen molar-refractivity contribution in [2.24, 2.45) is 0 Å². The highest BCUT2D eigenvalue weighted by Crippen LogP contribution is 2.20. The van der Waals surface area contributed by atoms with E-state index in [1.54, 1.807) is 13.0 Å². The van der Waals surface area contributed by atoms with Gasteiger partial charge in [0.2, 0.25) is 0 Å². The van der Waals surface area contributed by atoms with Gasteiger partial charge in [0.15, 0.2) is 5.76 Å². The number of furan rings is 1. The molecule has 0 saturated heterocycles. The van der Waals surface area contributed by atoms with Crippen molar-refractivity contribution in [1.82, 2.24) is 0 Å². The Kier molecular flexibility index (Phi) is 3.15. The Balaban J connectivity index is 2.22. The number of nitrogens with one attached hydrogen (secondary N) is 1. The van der Waals surface area contributed by atoms with Gasteiger partial charge >= 0.3 is 0 Å². The summed E-state index contributed by atoms with van der Waals surface area (Å²) in [5, 5.41) is 2.69. The van der Waals surface area contributed by atoms with E-state index < -0.39 is 11.7 Å². The van der Waals surface area contributed by atoms with Gasteiger partial charge < -0.3 is 9.73 Å². The molecule has 1 N–H and O–H groups in total. The second-order valence-electron chi connectivity index (χ2n) is 3.51. The van der Waals surface area contributed by atoms with E-state index >= 15 is 0 Å². The molecule has 0 atom stereocenters. The van der Waals surface area contributed by atoms with E-state index in [1.807, 2.05) is 0 Å². The van der Waals surface area contributed by atoms with Crippen molar-refractivity contribution in [3.05, 3.63) is 52.7 Å². The van der Waals surface area contributed by atoms with Gasteiger partial charge in [0.25, 0.3) is 5.91 Å². The van der Waals surface area contributed by atoms with Crippen LogP contribution in [0.2, 0.25) is 5.02 Å². The van der Waals surface area contributed by atoms with Crippen molar-refractivity contribution in [3.8, 4) is 0 Å². The average molecular weight is 254 g/mol. The molecule has 0 radical (unpaired) electrons. The van der Waals surface area contributed by atoms with Gasteiger partial charge in [-0.1, -0.05) is 11.6 Å². The summed E-state index contributed by atoms with van der Waals surface area (Å²) in [5.74, 6) is -0.914. The topological polar surface area (TPSA) is 42.2 Å². The molecule has 0 fully saturated rings. The molecule has 5 heteroatoms. The second-order valence-corrected chi connectivity index (χ2v) is 3.95. The van der Waals surface area contributed by atoms with Gasteiger partial charge in [0, 0.05) is 10.6 Å². The number of amides is 1. The number of rotatable bonds is 2. The summed E-state index contributed by atoms with van der Waals surface area (Å²) in [4.78, 5) is 11.7. The van der Waals surface area contributed by atoms with Crippen molar-refractivity contribution < 1.29 is 13.6 Å². The summed E-state index contributed by atoms with van der Waals surface area (Å²) in [6.45, 7) is 1.73. The molecule has 0 aliphatic heterocycles. The third-order valence-electron chi connectivity index (χ3n) is 2.25. The van der Waals surface area contributed by atoms with Crippen LogP contribution in [0.1, 0.15) is 16.1 Å². The number of anilines is 1. The quantitative estimate of drug-likeness (QED) is 0.888. The zero-order chi connectivity index (χ0) is 12.4. The van der Waals surface area contributed by atoms with Crippen LogP contribution in [0.5, 0.6) is 0 Å². The number of carbonyl (C=O) groups excluding carboxylic acids is 1. The maximum atomic E-state index is 13.4. The predicted molar refractivity (Wildman–Crippen MR) is 62.8 cm³/mol. The standard InChI is InChI=1S/C12H9ClFNO2/c1-7-4-5-17-11(7)12(16)15-10-3-2-8(13)6-9(10)14/h2-6H,1H3,(H,15,16). The Morgan fingerprint density at radius 2 is 2.18 bits per heavy atom. The molecule has 88 valence electrons. The summed E-state index contributed by atoms with van der Waals surface area (Å²) >= 11 is 5.61. The molecular weight excluding hydrogens is 245 g/mol. The number of aryl methyl sites for hydroxylation is 1. The molecule has 17 heavy (non-hydrogen) atoms. The number of hydrogen-bond acceptors (Lipinski definition) is 2. The van der Waals surface area contributed by atoms with Crippen molar-refractivity contribution in [2.45, 2.75) is 6.92 Å². The minimum Gasteiger partial charge on any atom is -0.459 e. The lowest BCUT2D eigenvalue weighted by atomic mass is 10.2. The second kappa shape index (κ2) is 4.59. The van der Waals surface area contributed by atoms with Gasteiger partial charge in [0.1, 0.15) is 5.82 Å². The molecular formula is C12H9ClFNO2. The van der Waals surface area contributed by atoms with E-state index in [9.17, 15) is 9.18 Å². The SMILES string of the molecule is Cc1ccoc1C(=O)Nc1ccc(Cl)cc1F. The zero-order valence-corrected chi connectivity index (χ0v) is 9.72. The highest BCUT2D eigenvalue weighted by atomic mass is 35.5. The lowest BCUT2D eigenvalue weighted by Gasteiger charge is -2.05. The van der Waals surface area contributed by atoms with Gasteiger partial charge in [-0.25, -0.2) is 4.39 Å². The fourth-order valence-corrected chi connectivity index (χ4v) is 1.53. The third-order valence-corrected chi connectivity index (χ3v) is 2.48. The molecule has 1 heterocycles. The van der Waals surface area contributed by atoms with Gasteiger partial charge in [-0.3, -0.25) is 4.79 Å². The molecule has 3 nitrogen and oxygen atoms in total. The van der Waals surface area contributed by atoms with Crippen LogP contribution in [0.25, 0.3) is 0 Å². The molecule has 0 unspecified atom stereocenters. The van der Waals surface area contributed by atoms with Crippen LogP contribution in [0, 0.1) is 12.7 Å². The fourth-order valence-electron chi connectivity index (χ4n) is 1.38. The normalized spacial score (nSPS) is 10.3. The molecule has 1 aromatic carbocycles. The Hall–Kier alpha value is -1.81. The van der Waals surface area contributed by atoms with E-state index in [4.69, 9.17) is 16.0 Å². The Labute approximate surface area is 102 Å². The van der Waals surface area contributed by atoms with Crippen LogP contribution in [0.4, 0.5) is 10.1 Å². The molecule has 0 saturated carbocycles. The highest BCUT2D eigenvalue weighted by molar-refractivity contribution is 6.30. The Morgan fingerprint density at radius 1 is 1.41 bits per heavy atom. The van der Waals surface area contributed by atoms with Crippen LogP contribution in [0.15, 0.2) is 34.9 Å². The molecule has 1 amide bonds. The molecule has 2 rings (SSSR count). The van der Waals surface area contributed by atoms with Crippen LogP contribution in [-0.2, 0) is 0 Å². The molecule has 0 bridgehead atoms. The average Bonchev–Trinajstić information content (AvgIpc) is 2.68. The van der Waals surface area contributed by atoms with Gasteiger partial charge in [0.05, 0.1) is 12.0 Å². The van der Waals surface area contributed by atoms with E-state index in [0.717, 1.165) is 6.07 Å². The zero-order valence-electron chi connectivity index (χ0n) is 8.96. The summed E-state index contributed by atoms with van der Waals surface area (Å²) < 4.78 is 18.4. The summed E-state index contributed by atoms with van der Waals surface area (Å²) in [6.07, 6.45) is 1.41. The first-order valence-electron chi connectivity index (χ1n) is 4.88. The Bertz CT molecular complexity index is 565. The number of benzene rings is 1. The van der Waals surface area contributed by atoms with Crippen LogP contribution in [0.3, 0.4) is 0 Å². The van der Waals surface area contributed by atoms with Crippen molar-refractivity contribution in [1.29, 1.82) is 0 Å². The van der Waals surface area contributed by atoms with Crippen molar-refractivity contribution in [3.63, 3.8) is 0 Å².